The van der Waals surface area contributed by atoms with E-state index >= 15 is 0 Å². The SMILES string of the molecule is CC(C)NC(=O)CC(N)C12CC3CC(CC(C3)C1)C2. The van der Waals surface area contributed by atoms with E-state index in [0.29, 0.717) is 11.8 Å². The van der Waals surface area contributed by atoms with Crippen LogP contribution in [0.3, 0.4) is 0 Å². The molecule has 0 aromatic carbocycles. The van der Waals surface area contributed by atoms with E-state index in [1.54, 1.807) is 0 Å². The highest BCUT2D eigenvalue weighted by Crippen LogP contribution is 2.61. The Kier molecular flexibility index (Phi) is 3.36. The number of hydrogen-bond donors (Lipinski definition) is 2. The van der Waals surface area contributed by atoms with Crippen LogP contribution < -0.4 is 11.1 Å². The molecule has 4 aliphatic carbocycles. The molecule has 4 rings (SSSR count). The second-order valence-corrected chi connectivity index (χ2v) is 7.81. The van der Waals surface area contributed by atoms with Gasteiger partial charge < -0.3 is 11.1 Å². The summed E-state index contributed by atoms with van der Waals surface area (Å²) < 4.78 is 0. The van der Waals surface area contributed by atoms with Gasteiger partial charge in [0.1, 0.15) is 0 Å². The average Bonchev–Trinajstić information content (AvgIpc) is 2.25. The van der Waals surface area contributed by atoms with Gasteiger partial charge in [0.15, 0.2) is 0 Å². The minimum atomic E-state index is 0.0691. The molecule has 1 unspecified atom stereocenters. The first-order chi connectivity index (χ1) is 8.97. The highest BCUT2D eigenvalue weighted by atomic mass is 16.1. The summed E-state index contributed by atoms with van der Waals surface area (Å²) in [6, 6.07) is 0.288. The predicted octanol–water partition coefficient (Wildman–Crippen LogP) is 2.44. The molecule has 0 spiro atoms. The number of carbonyl (C=O) groups excluding carboxylic acids is 1. The van der Waals surface area contributed by atoms with Gasteiger partial charge >= 0.3 is 0 Å². The summed E-state index contributed by atoms with van der Waals surface area (Å²) in [5.41, 5.74) is 6.78. The first-order valence-corrected chi connectivity index (χ1v) is 8.02. The quantitative estimate of drug-likeness (QED) is 0.819. The molecule has 3 heteroatoms. The molecule has 4 aliphatic rings. The van der Waals surface area contributed by atoms with Crippen molar-refractivity contribution in [1.29, 1.82) is 0 Å². The molecule has 0 radical (unpaired) electrons. The molecule has 4 fully saturated rings. The van der Waals surface area contributed by atoms with Gasteiger partial charge in [-0.25, -0.2) is 0 Å². The van der Waals surface area contributed by atoms with Crippen LogP contribution in [0.25, 0.3) is 0 Å². The Morgan fingerprint density at radius 3 is 2.05 bits per heavy atom. The van der Waals surface area contributed by atoms with Crippen LogP contribution in [0.4, 0.5) is 0 Å². The molecule has 1 atom stereocenters. The molecule has 108 valence electrons. The van der Waals surface area contributed by atoms with Crippen molar-refractivity contribution in [2.75, 3.05) is 0 Å². The van der Waals surface area contributed by atoms with E-state index in [0.717, 1.165) is 17.8 Å². The van der Waals surface area contributed by atoms with Crippen LogP contribution in [0, 0.1) is 23.2 Å². The molecular formula is C16H28N2O. The van der Waals surface area contributed by atoms with Crippen LogP contribution in [-0.4, -0.2) is 18.0 Å². The third kappa shape index (κ3) is 2.54. The first-order valence-electron chi connectivity index (χ1n) is 8.02. The Morgan fingerprint density at radius 2 is 1.63 bits per heavy atom. The lowest BCUT2D eigenvalue weighted by Crippen LogP contribution is -2.55. The van der Waals surface area contributed by atoms with Crippen molar-refractivity contribution in [3.8, 4) is 0 Å². The zero-order valence-electron chi connectivity index (χ0n) is 12.3. The standard InChI is InChI=1S/C16H28N2O/c1-10(2)18-15(19)6-14(17)16-7-11-3-12(8-16)5-13(4-11)9-16/h10-14H,3-9,17H2,1-2H3,(H,18,19). The van der Waals surface area contributed by atoms with E-state index < -0.39 is 0 Å². The summed E-state index contributed by atoms with van der Waals surface area (Å²) in [6.07, 6.45) is 8.68. The first kappa shape index (κ1) is 13.4. The minimum absolute atomic E-state index is 0.0691. The molecular weight excluding hydrogens is 236 g/mol. The average molecular weight is 264 g/mol. The van der Waals surface area contributed by atoms with E-state index in [1.165, 1.54) is 38.5 Å². The third-order valence-corrected chi connectivity index (χ3v) is 5.73. The lowest BCUT2D eigenvalue weighted by Gasteiger charge is -2.58. The maximum atomic E-state index is 12.0. The topological polar surface area (TPSA) is 55.1 Å². The van der Waals surface area contributed by atoms with E-state index in [1.807, 2.05) is 13.8 Å². The summed E-state index contributed by atoms with van der Waals surface area (Å²) >= 11 is 0. The van der Waals surface area contributed by atoms with E-state index in [-0.39, 0.29) is 18.0 Å². The fourth-order valence-electron chi connectivity index (χ4n) is 5.43. The summed E-state index contributed by atoms with van der Waals surface area (Å²) in [5, 5.41) is 2.99. The van der Waals surface area contributed by atoms with E-state index in [4.69, 9.17) is 5.73 Å². The normalized spacial score (nSPS) is 41.6. The van der Waals surface area contributed by atoms with E-state index in [9.17, 15) is 4.79 Å². The van der Waals surface area contributed by atoms with Gasteiger partial charge in [-0.05, 0) is 75.5 Å². The molecule has 0 aliphatic heterocycles. The molecule has 4 bridgehead atoms. The molecule has 4 saturated carbocycles. The fourth-order valence-corrected chi connectivity index (χ4v) is 5.43. The zero-order valence-corrected chi connectivity index (χ0v) is 12.3. The van der Waals surface area contributed by atoms with Crippen molar-refractivity contribution in [3.05, 3.63) is 0 Å². The van der Waals surface area contributed by atoms with Gasteiger partial charge in [0.25, 0.3) is 0 Å². The van der Waals surface area contributed by atoms with Crippen molar-refractivity contribution in [2.45, 2.75) is 70.9 Å². The highest BCUT2D eigenvalue weighted by molar-refractivity contribution is 5.76. The lowest BCUT2D eigenvalue weighted by atomic mass is 9.47. The van der Waals surface area contributed by atoms with Crippen molar-refractivity contribution in [3.63, 3.8) is 0 Å². The largest absolute Gasteiger partial charge is 0.354 e. The van der Waals surface area contributed by atoms with Crippen molar-refractivity contribution >= 4 is 5.91 Å². The molecule has 3 nitrogen and oxygen atoms in total. The van der Waals surface area contributed by atoms with Crippen LogP contribution >= 0.6 is 0 Å². The molecule has 19 heavy (non-hydrogen) atoms. The zero-order chi connectivity index (χ0) is 13.6. The van der Waals surface area contributed by atoms with Gasteiger partial charge in [0.05, 0.1) is 0 Å². The minimum Gasteiger partial charge on any atom is -0.354 e. The van der Waals surface area contributed by atoms with Crippen LogP contribution in [0.1, 0.15) is 58.8 Å². The Morgan fingerprint density at radius 1 is 1.16 bits per heavy atom. The van der Waals surface area contributed by atoms with E-state index in [2.05, 4.69) is 5.32 Å². The Bertz CT molecular complexity index is 328. The van der Waals surface area contributed by atoms with Crippen LogP contribution in [0.2, 0.25) is 0 Å². The molecule has 0 heterocycles. The maximum absolute atomic E-state index is 12.0. The Balaban J connectivity index is 1.66. The smallest absolute Gasteiger partial charge is 0.221 e. The Hall–Kier alpha value is -0.570. The second-order valence-electron chi connectivity index (χ2n) is 7.81. The van der Waals surface area contributed by atoms with Gasteiger partial charge in [-0.1, -0.05) is 0 Å². The third-order valence-electron chi connectivity index (χ3n) is 5.73. The second kappa shape index (κ2) is 4.76. The number of nitrogens with one attached hydrogen (secondary N) is 1. The number of carbonyl (C=O) groups is 1. The summed E-state index contributed by atoms with van der Waals surface area (Å²) in [6.45, 7) is 4.02. The predicted molar refractivity (Wildman–Crippen MR) is 76.5 cm³/mol. The van der Waals surface area contributed by atoms with Crippen LogP contribution in [-0.2, 0) is 4.79 Å². The number of amides is 1. The molecule has 0 aromatic rings. The van der Waals surface area contributed by atoms with Gasteiger partial charge in [0.2, 0.25) is 5.91 Å². The fraction of sp³-hybridized carbons (Fsp3) is 0.938. The molecule has 0 saturated heterocycles. The molecule has 3 N–H and O–H groups in total. The van der Waals surface area contributed by atoms with Crippen molar-refractivity contribution in [1.82, 2.24) is 5.32 Å². The van der Waals surface area contributed by atoms with Gasteiger partial charge in [-0.15, -0.1) is 0 Å². The summed E-state index contributed by atoms with van der Waals surface area (Å²) in [7, 11) is 0. The number of rotatable bonds is 4. The number of nitrogens with two attached hydrogens (primary N) is 1. The monoisotopic (exact) mass is 264 g/mol. The van der Waals surface area contributed by atoms with Crippen LogP contribution in [0.15, 0.2) is 0 Å². The summed E-state index contributed by atoms with van der Waals surface area (Å²) in [5.74, 6) is 2.86. The van der Waals surface area contributed by atoms with Crippen molar-refractivity contribution in [2.24, 2.45) is 28.9 Å². The maximum Gasteiger partial charge on any atom is 0.221 e. The van der Waals surface area contributed by atoms with Gasteiger partial charge in [0, 0.05) is 18.5 Å². The summed E-state index contributed by atoms with van der Waals surface area (Å²) in [4.78, 5) is 12.0. The highest BCUT2D eigenvalue weighted by Gasteiger charge is 2.53. The lowest BCUT2D eigenvalue weighted by molar-refractivity contribution is -0.125. The molecule has 1 amide bonds. The molecule has 0 aromatic heterocycles. The van der Waals surface area contributed by atoms with Gasteiger partial charge in [-0.2, -0.15) is 0 Å². The van der Waals surface area contributed by atoms with Gasteiger partial charge in [-0.3, -0.25) is 4.79 Å². The number of hydrogen-bond acceptors (Lipinski definition) is 2. The van der Waals surface area contributed by atoms with Crippen LogP contribution in [0.5, 0.6) is 0 Å². The Labute approximate surface area is 116 Å². The van der Waals surface area contributed by atoms with Crippen molar-refractivity contribution < 1.29 is 4.79 Å².